The van der Waals surface area contributed by atoms with E-state index < -0.39 is 23.5 Å². The summed E-state index contributed by atoms with van der Waals surface area (Å²) in [5.41, 5.74) is 8.65. The normalized spacial score (nSPS) is 10.8. The number of aromatic nitrogens is 5. The van der Waals surface area contributed by atoms with Crippen molar-refractivity contribution in [1.82, 2.24) is 24.6 Å². The number of carbonyl (C=O) groups excluding carboxylic acids is 2. The molecule has 0 aliphatic heterocycles. The Bertz CT molecular complexity index is 1770. The lowest BCUT2D eigenvalue weighted by Gasteiger charge is -2.11. The SMILES string of the molecule is C=C(F)C(=O)Nc1ccc(-c2c(-c3ccc(Oc4nccc(C)n4)c(F)c3)c(C(N)=O)c3cncnn23)cc1. The molecule has 2 aromatic carbocycles. The zero-order chi connectivity index (χ0) is 27.7. The fraction of sp³-hybridized carbons (Fsp3) is 0.0370. The topological polar surface area (TPSA) is 137 Å². The van der Waals surface area contributed by atoms with Crippen LogP contribution >= 0.6 is 0 Å². The Morgan fingerprint density at radius 3 is 2.51 bits per heavy atom. The van der Waals surface area contributed by atoms with Gasteiger partial charge in [0.1, 0.15) is 6.33 Å². The Hall–Kier alpha value is -5.52. The maximum absolute atomic E-state index is 15.3. The predicted octanol–water partition coefficient (Wildman–Crippen LogP) is 4.61. The first-order valence-electron chi connectivity index (χ1n) is 11.4. The summed E-state index contributed by atoms with van der Waals surface area (Å²) < 4.78 is 35.4. The van der Waals surface area contributed by atoms with Crippen molar-refractivity contribution in [3.05, 3.63) is 96.7 Å². The van der Waals surface area contributed by atoms with Crippen LogP contribution in [0.15, 0.2) is 79.7 Å². The molecule has 194 valence electrons. The van der Waals surface area contributed by atoms with Crippen LogP contribution in [0.1, 0.15) is 16.1 Å². The number of aryl methyl sites for hydroxylation is 1. The van der Waals surface area contributed by atoms with Crippen molar-refractivity contribution in [1.29, 1.82) is 0 Å². The van der Waals surface area contributed by atoms with Crippen LogP contribution in [-0.2, 0) is 4.79 Å². The molecule has 10 nitrogen and oxygen atoms in total. The Morgan fingerprint density at radius 2 is 1.85 bits per heavy atom. The molecule has 0 unspecified atom stereocenters. The van der Waals surface area contributed by atoms with Crippen LogP contribution < -0.4 is 15.8 Å². The second-order valence-corrected chi connectivity index (χ2v) is 8.33. The third-order valence-corrected chi connectivity index (χ3v) is 5.72. The van der Waals surface area contributed by atoms with E-state index in [0.29, 0.717) is 39.3 Å². The van der Waals surface area contributed by atoms with Crippen LogP contribution in [-0.4, -0.2) is 36.4 Å². The fourth-order valence-corrected chi connectivity index (χ4v) is 4.02. The molecule has 3 aromatic heterocycles. The third kappa shape index (κ3) is 4.90. The first kappa shape index (κ1) is 25.1. The minimum absolute atomic E-state index is 0.0199. The van der Waals surface area contributed by atoms with E-state index >= 15 is 4.39 Å². The standard InChI is InChI=1S/C27H19F2N7O3/c1-14-9-10-32-27(34-14)39-21-8-5-17(11-19(21)29)22-23(25(30)37)20-12-31-13-33-36(20)24(22)16-3-6-18(7-4-16)35-26(38)15(2)28/h3-13H,2H2,1H3,(H2,30,37)(H,35,38). The van der Waals surface area contributed by atoms with Gasteiger partial charge in [0.25, 0.3) is 11.8 Å². The van der Waals surface area contributed by atoms with Crippen LogP contribution in [0.2, 0.25) is 0 Å². The van der Waals surface area contributed by atoms with Crippen molar-refractivity contribution < 1.29 is 23.1 Å². The molecule has 0 saturated heterocycles. The third-order valence-electron chi connectivity index (χ3n) is 5.72. The minimum Gasteiger partial charge on any atom is -0.421 e. The summed E-state index contributed by atoms with van der Waals surface area (Å²) in [4.78, 5) is 36.4. The molecular weight excluding hydrogens is 508 g/mol. The molecule has 3 N–H and O–H groups in total. The number of nitrogens with zero attached hydrogens (tertiary/aromatic N) is 5. The van der Waals surface area contributed by atoms with Gasteiger partial charge in [-0.2, -0.15) is 5.10 Å². The number of nitrogens with one attached hydrogen (secondary N) is 1. The van der Waals surface area contributed by atoms with E-state index in [1.807, 2.05) is 0 Å². The second kappa shape index (κ2) is 10.1. The number of nitrogens with two attached hydrogens (primary N) is 1. The summed E-state index contributed by atoms with van der Waals surface area (Å²) in [5.74, 6) is -3.74. The highest BCUT2D eigenvalue weighted by Gasteiger charge is 2.26. The lowest BCUT2D eigenvalue weighted by Crippen LogP contribution is -2.12. The van der Waals surface area contributed by atoms with Crippen LogP contribution in [0.25, 0.3) is 27.9 Å². The highest BCUT2D eigenvalue weighted by molar-refractivity contribution is 6.10. The smallest absolute Gasteiger partial charge is 0.322 e. The van der Waals surface area contributed by atoms with Crippen LogP contribution in [0.4, 0.5) is 14.5 Å². The van der Waals surface area contributed by atoms with Crippen molar-refractivity contribution in [3.63, 3.8) is 0 Å². The van der Waals surface area contributed by atoms with Gasteiger partial charge in [0.15, 0.2) is 17.4 Å². The summed E-state index contributed by atoms with van der Waals surface area (Å²) >= 11 is 0. The van der Waals surface area contributed by atoms with E-state index in [1.165, 1.54) is 47.5 Å². The molecule has 3 heterocycles. The van der Waals surface area contributed by atoms with Gasteiger partial charge in [0, 0.05) is 28.7 Å². The van der Waals surface area contributed by atoms with Crippen molar-refractivity contribution in [2.75, 3.05) is 5.32 Å². The molecule has 0 radical (unpaired) electrons. The Kier molecular flexibility index (Phi) is 6.51. The first-order valence-corrected chi connectivity index (χ1v) is 11.4. The van der Waals surface area contributed by atoms with E-state index in [4.69, 9.17) is 10.5 Å². The summed E-state index contributed by atoms with van der Waals surface area (Å²) in [7, 11) is 0. The van der Waals surface area contributed by atoms with Gasteiger partial charge in [-0.1, -0.05) is 24.8 Å². The van der Waals surface area contributed by atoms with Gasteiger partial charge >= 0.3 is 6.01 Å². The Balaban J connectivity index is 1.64. The molecule has 2 amide bonds. The van der Waals surface area contributed by atoms with E-state index in [1.54, 1.807) is 31.2 Å². The molecule has 5 aromatic rings. The first-order chi connectivity index (χ1) is 18.7. The molecule has 5 rings (SSSR count). The average Bonchev–Trinajstić information content (AvgIpc) is 3.26. The summed E-state index contributed by atoms with van der Waals surface area (Å²) in [6.45, 7) is 4.72. The second-order valence-electron chi connectivity index (χ2n) is 8.33. The number of ether oxygens (including phenoxy) is 1. The number of halogens is 2. The lowest BCUT2D eigenvalue weighted by atomic mass is 9.96. The highest BCUT2D eigenvalue weighted by Crippen LogP contribution is 2.40. The van der Waals surface area contributed by atoms with Gasteiger partial charge in [-0.25, -0.2) is 28.2 Å². The fourth-order valence-electron chi connectivity index (χ4n) is 4.02. The summed E-state index contributed by atoms with van der Waals surface area (Å²) in [6.07, 6.45) is 4.20. The van der Waals surface area contributed by atoms with Crippen molar-refractivity contribution in [2.45, 2.75) is 6.92 Å². The molecule has 0 fully saturated rings. The number of carbonyl (C=O) groups is 2. The molecule has 12 heteroatoms. The molecule has 39 heavy (non-hydrogen) atoms. The predicted molar refractivity (Wildman–Crippen MR) is 138 cm³/mol. The van der Waals surface area contributed by atoms with Gasteiger partial charge in [-0.05, 0) is 42.8 Å². The van der Waals surface area contributed by atoms with E-state index in [-0.39, 0.29) is 17.3 Å². The summed E-state index contributed by atoms with van der Waals surface area (Å²) in [5, 5.41) is 6.65. The van der Waals surface area contributed by atoms with Crippen LogP contribution in [0.5, 0.6) is 11.8 Å². The summed E-state index contributed by atoms with van der Waals surface area (Å²) in [6, 6.07) is 12.1. The minimum atomic E-state index is -1.13. The molecule has 0 spiro atoms. The van der Waals surface area contributed by atoms with E-state index in [2.05, 4.69) is 31.9 Å². The van der Waals surface area contributed by atoms with Gasteiger partial charge < -0.3 is 15.8 Å². The average molecular weight is 527 g/mol. The van der Waals surface area contributed by atoms with Crippen LogP contribution in [0, 0.1) is 12.7 Å². The Morgan fingerprint density at radius 1 is 1.10 bits per heavy atom. The lowest BCUT2D eigenvalue weighted by molar-refractivity contribution is -0.114. The molecule has 0 aliphatic rings. The number of anilines is 1. The highest BCUT2D eigenvalue weighted by atomic mass is 19.1. The Labute approximate surface area is 219 Å². The maximum atomic E-state index is 15.3. The van der Waals surface area contributed by atoms with E-state index in [9.17, 15) is 14.0 Å². The number of hydrogen-bond donors (Lipinski definition) is 2. The molecule has 0 aliphatic carbocycles. The number of hydrogen-bond acceptors (Lipinski definition) is 7. The zero-order valence-electron chi connectivity index (χ0n) is 20.4. The van der Waals surface area contributed by atoms with Gasteiger partial charge in [-0.3, -0.25) is 9.59 Å². The monoisotopic (exact) mass is 527 g/mol. The quantitative estimate of drug-likeness (QED) is 0.295. The van der Waals surface area contributed by atoms with Gasteiger partial charge in [0.2, 0.25) is 0 Å². The van der Waals surface area contributed by atoms with Gasteiger partial charge in [0.05, 0.1) is 23.0 Å². The van der Waals surface area contributed by atoms with Crippen molar-refractivity contribution in [3.8, 4) is 34.1 Å². The molecular formula is C27H19F2N7O3. The van der Waals surface area contributed by atoms with Crippen molar-refractivity contribution in [2.24, 2.45) is 5.73 Å². The number of benzene rings is 2. The molecule has 0 bridgehead atoms. The molecule has 0 saturated carbocycles. The van der Waals surface area contributed by atoms with E-state index in [0.717, 1.165) is 0 Å². The largest absolute Gasteiger partial charge is 0.421 e. The van der Waals surface area contributed by atoms with Crippen molar-refractivity contribution >= 4 is 23.0 Å². The number of primary amides is 1. The maximum Gasteiger partial charge on any atom is 0.322 e. The van der Waals surface area contributed by atoms with Crippen LogP contribution in [0.3, 0.4) is 0 Å². The number of rotatable bonds is 7. The number of amides is 2. The van der Waals surface area contributed by atoms with Gasteiger partial charge in [-0.15, -0.1) is 0 Å². The number of fused-ring (bicyclic) bond motifs is 1. The molecule has 0 atom stereocenters. The zero-order valence-corrected chi connectivity index (χ0v) is 20.4.